The first kappa shape index (κ1) is 8.52. The first-order valence-electron chi connectivity index (χ1n) is 4.40. The molecule has 0 aromatic carbocycles. The molecule has 1 fully saturated rings. The molecule has 0 aromatic rings. The highest BCUT2D eigenvalue weighted by atomic mass is 16.3. The molecule has 0 aromatic heterocycles. The van der Waals surface area contributed by atoms with E-state index in [-0.39, 0.29) is 6.04 Å². The molecule has 0 spiro atoms. The number of aliphatic imine (C=N–C) groups is 1. The fraction of sp³-hybridized carbons (Fsp3) is 0.625. The number of nitrogens with zero attached hydrogens (tertiary/aromatic N) is 2. The topological polar surface area (TPSA) is 59.9 Å². The number of hydrogen-bond acceptors (Lipinski definition) is 3. The van der Waals surface area contributed by atoms with Gasteiger partial charge in [0.05, 0.1) is 6.04 Å². The molecular formula is C8H14N4O. The lowest BCUT2D eigenvalue weighted by Crippen LogP contribution is -2.40. The lowest BCUT2D eigenvalue weighted by Gasteiger charge is -2.19. The van der Waals surface area contributed by atoms with Crippen LogP contribution in [0.5, 0.6) is 0 Å². The molecule has 2 aliphatic rings. The summed E-state index contributed by atoms with van der Waals surface area (Å²) < 4.78 is 0. The molecular weight excluding hydrogens is 168 g/mol. The number of rotatable bonds is 0. The molecule has 2 heterocycles. The van der Waals surface area contributed by atoms with Crippen molar-refractivity contribution < 1.29 is 5.11 Å². The third-order valence-corrected chi connectivity index (χ3v) is 2.34. The normalized spacial score (nSPS) is 35.8. The smallest absolute Gasteiger partial charge is 0.200 e. The van der Waals surface area contributed by atoms with Crippen LogP contribution in [0, 0.1) is 0 Å². The van der Waals surface area contributed by atoms with Gasteiger partial charge < -0.3 is 20.6 Å². The second-order valence-corrected chi connectivity index (χ2v) is 3.15. The van der Waals surface area contributed by atoms with Gasteiger partial charge in [-0.05, 0) is 0 Å². The molecule has 1 unspecified atom stereocenters. The van der Waals surface area contributed by atoms with E-state index in [1.54, 1.807) is 7.05 Å². The van der Waals surface area contributed by atoms with E-state index in [1.807, 2.05) is 17.2 Å². The Morgan fingerprint density at radius 1 is 1.69 bits per heavy atom. The summed E-state index contributed by atoms with van der Waals surface area (Å²) in [4.78, 5) is 6.02. The van der Waals surface area contributed by atoms with Crippen molar-refractivity contribution >= 4 is 5.96 Å². The van der Waals surface area contributed by atoms with Crippen LogP contribution in [-0.4, -0.2) is 48.4 Å². The molecule has 3 N–H and O–H groups in total. The number of aliphatic hydroxyl groups excluding tert-OH is 1. The molecule has 0 saturated carbocycles. The highest BCUT2D eigenvalue weighted by Gasteiger charge is 2.35. The van der Waals surface area contributed by atoms with Crippen molar-refractivity contribution in [2.24, 2.45) is 4.99 Å². The van der Waals surface area contributed by atoms with E-state index in [0.717, 1.165) is 19.0 Å². The van der Waals surface area contributed by atoms with Gasteiger partial charge in [0.2, 0.25) is 0 Å². The van der Waals surface area contributed by atoms with Crippen LogP contribution in [0.1, 0.15) is 0 Å². The van der Waals surface area contributed by atoms with Gasteiger partial charge in [-0.25, -0.2) is 0 Å². The van der Waals surface area contributed by atoms with Crippen molar-refractivity contribution in [2.45, 2.75) is 12.3 Å². The monoisotopic (exact) mass is 182 g/mol. The van der Waals surface area contributed by atoms with Crippen LogP contribution >= 0.6 is 0 Å². The molecule has 2 atom stereocenters. The SMILES string of the molecule is CN=C1N[C@@H](O)C2CNCC=CN12. The van der Waals surface area contributed by atoms with E-state index in [2.05, 4.69) is 15.6 Å². The molecule has 5 heteroatoms. The van der Waals surface area contributed by atoms with Crippen LogP contribution in [-0.2, 0) is 0 Å². The fourth-order valence-corrected chi connectivity index (χ4v) is 1.66. The summed E-state index contributed by atoms with van der Waals surface area (Å²) >= 11 is 0. The predicted octanol–water partition coefficient (Wildman–Crippen LogP) is -1.32. The fourth-order valence-electron chi connectivity index (χ4n) is 1.66. The summed E-state index contributed by atoms with van der Waals surface area (Å²) in [5.41, 5.74) is 0. The van der Waals surface area contributed by atoms with Gasteiger partial charge >= 0.3 is 0 Å². The predicted molar refractivity (Wildman–Crippen MR) is 50.1 cm³/mol. The summed E-state index contributed by atoms with van der Waals surface area (Å²) in [5.74, 6) is 0.734. The largest absolute Gasteiger partial charge is 0.371 e. The van der Waals surface area contributed by atoms with E-state index in [0.29, 0.717) is 0 Å². The van der Waals surface area contributed by atoms with Crippen LogP contribution in [0.4, 0.5) is 0 Å². The summed E-state index contributed by atoms with van der Waals surface area (Å²) in [6.07, 6.45) is 3.44. The molecule has 0 bridgehead atoms. The Kier molecular flexibility index (Phi) is 2.20. The highest BCUT2D eigenvalue weighted by Crippen LogP contribution is 2.13. The molecule has 2 rings (SSSR count). The van der Waals surface area contributed by atoms with E-state index in [1.165, 1.54) is 0 Å². The second kappa shape index (κ2) is 3.35. The quantitative estimate of drug-likeness (QED) is 0.435. The van der Waals surface area contributed by atoms with E-state index in [4.69, 9.17) is 0 Å². The first-order valence-corrected chi connectivity index (χ1v) is 4.40. The van der Waals surface area contributed by atoms with Crippen LogP contribution in [0.15, 0.2) is 17.3 Å². The van der Waals surface area contributed by atoms with Crippen LogP contribution < -0.4 is 10.6 Å². The van der Waals surface area contributed by atoms with E-state index < -0.39 is 6.23 Å². The number of hydrogen-bond donors (Lipinski definition) is 3. The summed E-state index contributed by atoms with van der Waals surface area (Å²) in [5, 5.41) is 15.8. The number of guanidine groups is 1. The molecule has 1 saturated heterocycles. The zero-order valence-corrected chi connectivity index (χ0v) is 7.57. The minimum atomic E-state index is -0.533. The van der Waals surface area contributed by atoms with Gasteiger partial charge in [0.25, 0.3) is 0 Å². The number of aliphatic hydroxyl groups is 1. The van der Waals surface area contributed by atoms with Crippen molar-refractivity contribution in [3.05, 3.63) is 12.3 Å². The Labute approximate surface area is 77.1 Å². The van der Waals surface area contributed by atoms with Gasteiger partial charge in [-0.1, -0.05) is 6.08 Å². The minimum absolute atomic E-state index is 0.0532. The Hall–Kier alpha value is -1.07. The van der Waals surface area contributed by atoms with Crippen LogP contribution in [0.25, 0.3) is 0 Å². The van der Waals surface area contributed by atoms with E-state index in [9.17, 15) is 5.11 Å². The molecule has 0 aliphatic carbocycles. The second-order valence-electron chi connectivity index (χ2n) is 3.15. The minimum Gasteiger partial charge on any atom is -0.371 e. The maximum atomic E-state index is 9.64. The Bertz CT molecular complexity index is 251. The third kappa shape index (κ3) is 1.40. The van der Waals surface area contributed by atoms with Crippen molar-refractivity contribution in [2.75, 3.05) is 20.1 Å². The summed E-state index contributed by atoms with van der Waals surface area (Å²) in [7, 11) is 1.71. The van der Waals surface area contributed by atoms with Crippen LogP contribution in [0.2, 0.25) is 0 Å². The van der Waals surface area contributed by atoms with Crippen molar-refractivity contribution in [1.82, 2.24) is 15.5 Å². The van der Waals surface area contributed by atoms with Crippen molar-refractivity contribution in [1.29, 1.82) is 0 Å². The van der Waals surface area contributed by atoms with Crippen LogP contribution in [0.3, 0.4) is 0 Å². The number of fused-ring (bicyclic) bond motifs is 1. The van der Waals surface area contributed by atoms with Crippen molar-refractivity contribution in [3.8, 4) is 0 Å². The molecule has 72 valence electrons. The summed E-state index contributed by atoms with van der Waals surface area (Å²) in [6.45, 7) is 1.61. The average molecular weight is 182 g/mol. The first-order chi connectivity index (χ1) is 6.33. The zero-order chi connectivity index (χ0) is 9.26. The molecule has 13 heavy (non-hydrogen) atoms. The summed E-state index contributed by atoms with van der Waals surface area (Å²) in [6, 6.07) is 0.0532. The number of nitrogens with one attached hydrogen (secondary N) is 2. The molecule has 0 amide bonds. The lowest BCUT2D eigenvalue weighted by atomic mass is 10.2. The maximum absolute atomic E-state index is 9.64. The maximum Gasteiger partial charge on any atom is 0.200 e. The standard InChI is InChI=1S/C8H14N4O/c1-9-8-11-7(13)6-5-10-3-2-4-12(6)8/h2,4,6-7,10,13H,3,5H2,1H3,(H,9,11)/t6?,7-/m0/s1. The van der Waals surface area contributed by atoms with Gasteiger partial charge in [0.1, 0.15) is 6.23 Å². The molecule has 2 aliphatic heterocycles. The Morgan fingerprint density at radius 2 is 2.54 bits per heavy atom. The van der Waals surface area contributed by atoms with Gasteiger partial charge in [0, 0.05) is 26.3 Å². The lowest BCUT2D eigenvalue weighted by molar-refractivity contribution is 0.120. The van der Waals surface area contributed by atoms with E-state index >= 15 is 0 Å². The van der Waals surface area contributed by atoms with Crippen molar-refractivity contribution in [3.63, 3.8) is 0 Å². The van der Waals surface area contributed by atoms with Gasteiger partial charge in [-0.2, -0.15) is 0 Å². The third-order valence-electron chi connectivity index (χ3n) is 2.34. The Morgan fingerprint density at radius 3 is 3.31 bits per heavy atom. The van der Waals surface area contributed by atoms with Gasteiger partial charge in [0.15, 0.2) is 5.96 Å². The molecule has 0 radical (unpaired) electrons. The Balaban J connectivity index is 2.24. The van der Waals surface area contributed by atoms with Gasteiger partial charge in [-0.15, -0.1) is 0 Å². The molecule has 5 nitrogen and oxygen atoms in total. The average Bonchev–Trinajstić information content (AvgIpc) is 2.38. The zero-order valence-electron chi connectivity index (χ0n) is 7.57. The highest BCUT2D eigenvalue weighted by molar-refractivity contribution is 5.83. The van der Waals surface area contributed by atoms with Gasteiger partial charge in [-0.3, -0.25) is 4.99 Å².